The quantitative estimate of drug-likeness (QED) is 0.810. The van der Waals surface area contributed by atoms with Crippen molar-refractivity contribution in [3.8, 4) is 0 Å². The predicted molar refractivity (Wildman–Crippen MR) is 75.5 cm³/mol. The first-order valence-corrected chi connectivity index (χ1v) is 8.02. The van der Waals surface area contributed by atoms with Gasteiger partial charge in [0.25, 0.3) is 0 Å². The summed E-state index contributed by atoms with van der Waals surface area (Å²) < 4.78 is 1.90. The SMILES string of the molecule is CCn1ccnc1C(=O)c1cc2c(s1)CCSC2. The highest BCUT2D eigenvalue weighted by molar-refractivity contribution is 7.98. The smallest absolute Gasteiger partial charge is 0.238 e. The summed E-state index contributed by atoms with van der Waals surface area (Å²) in [5.41, 5.74) is 1.34. The molecule has 0 bridgehead atoms. The zero-order valence-corrected chi connectivity index (χ0v) is 11.8. The Hall–Kier alpha value is -1.07. The van der Waals surface area contributed by atoms with Crippen molar-refractivity contribution in [1.82, 2.24) is 9.55 Å². The summed E-state index contributed by atoms with van der Waals surface area (Å²) in [4.78, 5) is 18.8. The van der Waals surface area contributed by atoms with E-state index in [1.807, 2.05) is 29.4 Å². The molecule has 0 fully saturated rings. The van der Waals surface area contributed by atoms with Gasteiger partial charge in [-0.3, -0.25) is 4.79 Å². The molecule has 0 atom stereocenters. The van der Waals surface area contributed by atoms with E-state index in [0.717, 1.165) is 23.6 Å². The van der Waals surface area contributed by atoms with E-state index in [1.54, 1.807) is 17.5 Å². The fraction of sp³-hybridized carbons (Fsp3) is 0.385. The molecule has 0 radical (unpaired) electrons. The Kier molecular flexibility index (Phi) is 3.26. The number of carbonyl (C=O) groups is 1. The molecule has 0 N–H and O–H groups in total. The third kappa shape index (κ3) is 2.01. The van der Waals surface area contributed by atoms with Crippen molar-refractivity contribution in [3.05, 3.63) is 39.6 Å². The second-order valence-electron chi connectivity index (χ2n) is 4.23. The Balaban J connectivity index is 1.95. The second-order valence-corrected chi connectivity index (χ2v) is 6.47. The van der Waals surface area contributed by atoms with Crippen molar-refractivity contribution in [1.29, 1.82) is 0 Å². The molecule has 0 aromatic carbocycles. The summed E-state index contributed by atoms with van der Waals surface area (Å²) in [5, 5.41) is 0. The Morgan fingerprint density at radius 3 is 3.22 bits per heavy atom. The number of nitrogens with zero attached hydrogens (tertiary/aromatic N) is 2. The van der Waals surface area contributed by atoms with Crippen molar-refractivity contribution in [2.75, 3.05) is 5.75 Å². The number of aromatic nitrogens is 2. The van der Waals surface area contributed by atoms with Crippen LogP contribution in [0, 0.1) is 0 Å². The van der Waals surface area contributed by atoms with Gasteiger partial charge in [-0.15, -0.1) is 11.3 Å². The van der Waals surface area contributed by atoms with Crippen molar-refractivity contribution in [2.45, 2.75) is 25.6 Å². The fourth-order valence-electron chi connectivity index (χ4n) is 2.14. The molecule has 2 aromatic rings. The van der Waals surface area contributed by atoms with Crippen molar-refractivity contribution >= 4 is 28.9 Å². The molecular weight excluding hydrogens is 264 g/mol. The number of thioether (sulfide) groups is 1. The van der Waals surface area contributed by atoms with E-state index in [4.69, 9.17) is 0 Å². The fourth-order valence-corrected chi connectivity index (χ4v) is 4.45. The van der Waals surface area contributed by atoms with Crippen LogP contribution in [-0.2, 0) is 18.7 Å². The maximum atomic E-state index is 12.4. The first-order valence-electron chi connectivity index (χ1n) is 6.04. The van der Waals surface area contributed by atoms with Crippen LogP contribution in [0.25, 0.3) is 0 Å². The maximum absolute atomic E-state index is 12.4. The first kappa shape index (κ1) is 12.0. The van der Waals surface area contributed by atoms with Crippen LogP contribution in [0.4, 0.5) is 0 Å². The van der Waals surface area contributed by atoms with Crippen LogP contribution < -0.4 is 0 Å². The van der Waals surface area contributed by atoms with Crippen molar-refractivity contribution in [2.24, 2.45) is 0 Å². The van der Waals surface area contributed by atoms with Crippen molar-refractivity contribution < 1.29 is 4.79 Å². The Labute approximate surface area is 114 Å². The maximum Gasteiger partial charge on any atom is 0.238 e. The zero-order valence-electron chi connectivity index (χ0n) is 10.2. The number of aryl methyl sites for hydroxylation is 2. The van der Waals surface area contributed by atoms with Gasteiger partial charge in [-0.05, 0) is 30.7 Å². The van der Waals surface area contributed by atoms with Crippen LogP contribution in [0.3, 0.4) is 0 Å². The van der Waals surface area contributed by atoms with E-state index in [0.29, 0.717) is 5.82 Å². The van der Waals surface area contributed by atoms with Crippen LogP contribution >= 0.6 is 23.1 Å². The minimum Gasteiger partial charge on any atom is -0.328 e. The number of fused-ring (bicyclic) bond motifs is 1. The molecule has 3 rings (SSSR count). The second kappa shape index (κ2) is 4.90. The van der Waals surface area contributed by atoms with Crippen LogP contribution in [0.5, 0.6) is 0 Å². The van der Waals surface area contributed by atoms with Crippen molar-refractivity contribution in [3.63, 3.8) is 0 Å². The Morgan fingerprint density at radius 2 is 2.44 bits per heavy atom. The molecule has 0 amide bonds. The van der Waals surface area contributed by atoms with E-state index in [9.17, 15) is 4.79 Å². The Bertz CT molecular complexity index is 562. The van der Waals surface area contributed by atoms with Gasteiger partial charge >= 0.3 is 0 Å². The minimum absolute atomic E-state index is 0.0613. The number of rotatable bonds is 3. The number of hydrogen-bond acceptors (Lipinski definition) is 4. The monoisotopic (exact) mass is 278 g/mol. The summed E-state index contributed by atoms with van der Waals surface area (Å²) in [6, 6.07) is 2.06. The minimum atomic E-state index is 0.0613. The molecule has 94 valence electrons. The molecule has 0 unspecified atom stereocenters. The first-order chi connectivity index (χ1) is 8.79. The lowest BCUT2D eigenvalue weighted by Gasteiger charge is -2.08. The van der Waals surface area contributed by atoms with Gasteiger partial charge in [-0.1, -0.05) is 0 Å². The standard InChI is InChI=1S/C13H14N2OS2/c1-2-15-5-4-14-13(15)12(16)11-7-9-8-17-6-3-10(9)18-11/h4-5,7H,2-3,6,8H2,1H3. The lowest BCUT2D eigenvalue weighted by atomic mass is 10.2. The van der Waals surface area contributed by atoms with Crippen LogP contribution in [0.15, 0.2) is 18.5 Å². The van der Waals surface area contributed by atoms with Crippen LogP contribution in [0.1, 0.15) is 32.9 Å². The normalized spacial score (nSPS) is 14.5. The van der Waals surface area contributed by atoms with E-state index in [1.165, 1.54) is 16.2 Å². The number of thiophene rings is 1. The van der Waals surface area contributed by atoms with Crippen LogP contribution in [0.2, 0.25) is 0 Å². The van der Waals surface area contributed by atoms with Gasteiger partial charge in [0, 0.05) is 29.6 Å². The highest BCUT2D eigenvalue weighted by Crippen LogP contribution is 2.32. The Morgan fingerprint density at radius 1 is 1.56 bits per heavy atom. The lowest BCUT2D eigenvalue weighted by Crippen LogP contribution is -2.09. The number of ketones is 1. The van der Waals surface area contributed by atoms with E-state index >= 15 is 0 Å². The average Bonchev–Trinajstić information content (AvgIpc) is 3.03. The molecule has 18 heavy (non-hydrogen) atoms. The molecule has 2 aromatic heterocycles. The summed E-state index contributed by atoms with van der Waals surface area (Å²) in [6.07, 6.45) is 4.65. The van der Waals surface area contributed by atoms with Gasteiger partial charge in [0.05, 0.1) is 4.88 Å². The number of hydrogen-bond donors (Lipinski definition) is 0. The lowest BCUT2D eigenvalue weighted by molar-refractivity contribution is 0.102. The van der Waals surface area contributed by atoms with Gasteiger partial charge in [0.2, 0.25) is 5.78 Å². The molecule has 0 saturated carbocycles. The largest absolute Gasteiger partial charge is 0.328 e. The molecular formula is C13H14N2OS2. The van der Waals surface area contributed by atoms with Crippen LogP contribution in [-0.4, -0.2) is 21.1 Å². The van der Waals surface area contributed by atoms with Gasteiger partial charge < -0.3 is 4.57 Å². The summed E-state index contributed by atoms with van der Waals surface area (Å²) >= 11 is 3.59. The summed E-state index contributed by atoms with van der Waals surface area (Å²) in [5.74, 6) is 2.83. The number of imidazole rings is 1. The molecule has 1 aliphatic heterocycles. The molecule has 0 aliphatic carbocycles. The molecule has 1 aliphatic rings. The highest BCUT2D eigenvalue weighted by atomic mass is 32.2. The van der Waals surface area contributed by atoms with Gasteiger partial charge in [0.1, 0.15) is 0 Å². The van der Waals surface area contributed by atoms with Gasteiger partial charge in [-0.2, -0.15) is 11.8 Å². The molecule has 5 heteroatoms. The third-order valence-electron chi connectivity index (χ3n) is 3.11. The van der Waals surface area contributed by atoms with Gasteiger partial charge in [0.15, 0.2) is 5.82 Å². The summed E-state index contributed by atoms with van der Waals surface area (Å²) in [7, 11) is 0. The summed E-state index contributed by atoms with van der Waals surface area (Å²) in [6.45, 7) is 2.80. The molecule has 3 heterocycles. The average molecular weight is 278 g/mol. The highest BCUT2D eigenvalue weighted by Gasteiger charge is 2.21. The van der Waals surface area contributed by atoms with E-state index < -0.39 is 0 Å². The molecule has 3 nitrogen and oxygen atoms in total. The molecule has 0 spiro atoms. The third-order valence-corrected chi connectivity index (χ3v) is 5.35. The van der Waals surface area contributed by atoms with E-state index in [-0.39, 0.29) is 5.78 Å². The molecule has 0 saturated heterocycles. The van der Waals surface area contributed by atoms with Gasteiger partial charge in [-0.25, -0.2) is 4.98 Å². The topological polar surface area (TPSA) is 34.9 Å². The predicted octanol–water partition coefficient (Wildman–Crippen LogP) is 2.98. The van der Waals surface area contributed by atoms with E-state index in [2.05, 4.69) is 11.1 Å². The zero-order chi connectivity index (χ0) is 12.5. The number of carbonyl (C=O) groups excluding carboxylic acids is 1.